The van der Waals surface area contributed by atoms with Crippen LogP contribution in [0.1, 0.15) is 5.56 Å². The molecule has 9 rings (SSSR count). The van der Waals surface area contributed by atoms with Gasteiger partial charge in [0.2, 0.25) is 0 Å². The fourth-order valence-corrected chi connectivity index (χ4v) is 6.52. The Labute approximate surface area is 303 Å². The van der Waals surface area contributed by atoms with Crippen molar-refractivity contribution in [2.45, 2.75) is 6.92 Å². The van der Waals surface area contributed by atoms with Gasteiger partial charge in [0.1, 0.15) is 0 Å². The average Bonchev–Trinajstić information content (AvgIpc) is 3.55. The molecular weight excluding hydrogens is 776 g/mol. The maximum atomic E-state index is 3.48. The fourth-order valence-electron chi connectivity index (χ4n) is 6.52. The summed E-state index contributed by atoms with van der Waals surface area (Å²) in [4.78, 5) is 2.27. The Hall–Kier alpha value is -5.44. The summed E-state index contributed by atoms with van der Waals surface area (Å²) in [7, 11) is 0. The number of benzene rings is 7. The molecule has 0 N–H and O–H groups in total. The van der Waals surface area contributed by atoms with Crippen LogP contribution >= 0.6 is 0 Å². The summed E-state index contributed by atoms with van der Waals surface area (Å²) in [6, 6.07) is 68.7. The Morgan fingerprint density at radius 3 is 1.94 bits per heavy atom. The van der Waals surface area contributed by atoms with Gasteiger partial charge in [-0.1, -0.05) is 113 Å². The van der Waals surface area contributed by atoms with Crippen LogP contribution in [0.5, 0.6) is 0 Å². The number of hydrogen-bond donors (Lipinski definition) is 0. The number of aromatic nitrogens is 2. The molecule has 0 spiro atoms. The first-order chi connectivity index (χ1) is 23.8. The molecule has 1 aliphatic rings. The van der Waals surface area contributed by atoms with E-state index in [1.54, 1.807) is 0 Å². The van der Waals surface area contributed by atoms with Gasteiger partial charge in [-0.3, -0.25) is 4.57 Å². The zero-order valence-electron chi connectivity index (χ0n) is 26.9. The molecule has 3 nitrogen and oxygen atoms in total. The molecule has 0 saturated carbocycles. The van der Waals surface area contributed by atoms with Gasteiger partial charge < -0.3 is 9.47 Å². The first-order valence-electron chi connectivity index (χ1n) is 16.2. The number of hydrogen-bond acceptors (Lipinski definition) is 1. The number of nitrogens with zero attached hydrogens (tertiary/aromatic N) is 3. The molecular formula is C44H31BN3Pt+. The summed E-state index contributed by atoms with van der Waals surface area (Å²) in [5.41, 5.74) is 12.8. The van der Waals surface area contributed by atoms with E-state index >= 15 is 0 Å². The van der Waals surface area contributed by atoms with Crippen LogP contribution < -0.4 is 25.9 Å². The van der Waals surface area contributed by atoms with Crippen molar-refractivity contribution in [1.82, 2.24) is 4.57 Å². The minimum atomic E-state index is 0. The van der Waals surface area contributed by atoms with Crippen molar-refractivity contribution in [1.29, 1.82) is 0 Å². The van der Waals surface area contributed by atoms with E-state index in [1.807, 2.05) is 42.5 Å². The van der Waals surface area contributed by atoms with Gasteiger partial charge in [0.15, 0.2) is 6.71 Å². The number of fused-ring (bicyclic) bond motifs is 3. The van der Waals surface area contributed by atoms with Gasteiger partial charge in [-0.15, -0.1) is 11.5 Å². The number of aryl methyl sites for hydroxylation is 1. The van der Waals surface area contributed by atoms with E-state index in [2.05, 4.69) is 173 Å². The van der Waals surface area contributed by atoms with Crippen molar-refractivity contribution in [3.8, 4) is 11.4 Å². The molecule has 8 aromatic rings. The van der Waals surface area contributed by atoms with E-state index < -0.39 is 0 Å². The van der Waals surface area contributed by atoms with Crippen LogP contribution in [0.15, 0.2) is 170 Å². The number of imidazole rings is 1. The topological polar surface area (TPSA) is 12.0 Å². The molecule has 1 aliphatic heterocycles. The quantitative estimate of drug-likeness (QED) is 0.103. The van der Waals surface area contributed by atoms with Crippen molar-refractivity contribution >= 4 is 51.2 Å². The van der Waals surface area contributed by atoms with Crippen LogP contribution in [-0.4, -0.2) is 11.3 Å². The molecule has 1 aromatic heterocycles. The molecule has 2 heterocycles. The monoisotopic (exact) mass is 807 g/mol. The summed E-state index contributed by atoms with van der Waals surface area (Å²) in [5, 5.41) is 0. The van der Waals surface area contributed by atoms with E-state index in [1.165, 1.54) is 27.6 Å². The zero-order chi connectivity index (χ0) is 32.3. The SMILES string of the molecule is Cc1ccc(-[n+]2[c-]n(-c3[c-]cccc3)c3ccccc32)cc1.[Pt+4].[c-]1ccccc1N1c2[c-]cccc2B(c2ccccc2)c2ccccc21. The van der Waals surface area contributed by atoms with Gasteiger partial charge in [-0.25, -0.2) is 0 Å². The minimum absolute atomic E-state index is 0. The summed E-state index contributed by atoms with van der Waals surface area (Å²) >= 11 is 0. The normalized spacial score (nSPS) is 11.5. The molecule has 7 aromatic carbocycles. The van der Waals surface area contributed by atoms with Crippen molar-refractivity contribution in [3.05, 3.63) is 200 Å². The van der Waals surface area contributed by atoms with Crippen LogP contribution in [0.3, 0.4) is 0 Å². The van der Waals surface area contributed by atoms with Crippen LogP contribution in [0.2, 0.25) is 0 Å². The fraction of sp³-hybridized carbons (Fsp3) is 0.0227. The predicted molar refractivity (Wildman–Crippen MR) is 197 cm³/mol. The largest absolute Gasteiger partial charge is 4.00 e. The second-order valence-electron chi connectivity index (χ2n) is 11.8. The van der Waals surface area contributed by atoms with Gasteiger partial charge in [0.25, 0.3) is 6.33 Å². The van der Waals surface area contributed by atoms with Crippen molar-refractivity contribution in [2.75, 3.05) is 4.90 Å². The summed E-state index contributed by atoms with van der Waals surface area (Å²) in [6.07, 6.45) is 3.44. The first kappa shape index (κ1) is 32.1. The van der Waals surface area contributed by atoms with Gasteiger partial charge in [-0.05, 0) is 30.8 Å². The molecule has 0 amide bonds. The van der Waals surface area contributed by atoms with E-state index in [0.717, 1.165) is 33.8 Å². The Morgan fingerprint density at radius 2 is 1.18 bits per heavy atom. The number of para-hydroxylation sites is 6. The Balaban J connectivity index is 0.000000153. The summed E-state index contributed by atoms with van der Waals surface area (Å²) < 4.78 is 4.14. The van der Waals surface area contributed by atoms with Gasteiger partial charge in [-0.2, -0.15) is 78.9 Å². The molecule has 0 bridgehead atoms. The van der Waals surface area contributed by atoms with Crippen LogP contribution in [0.4, 0.5) is 17.1 Å². The van der Waals surface area contributed by atoms with E-state index in [0.29, 0.717) is 0 Å². The van der Waals surface area contributed by atoms with Crippen LogP contribution in [0.25, 0.3) is 22.4 Å². The molecule has 0 fully saturated rings. The predicted octanol–water partition coefficient (Wildman–Crippen LogP) is 7.40. The van der Waals surface area contributed by atoms with E-state index in [9.17, 15) is 0 Å². The molecule has 5 heteroatoms. The van der Waals surface area contributed by atoms with Gasteiger partial charge >= 0.3 is 21.1 Å². The number of rotatable bonds is 4. The average molecular weight is 808 g/mol. The van der Waals surface area contributed by atoms with Crippen LogP contribution in [0, 0.1) is 31.5 Å². The second kappa shape index (κ2) is 14.4. The van der Waals surface area contributed by atoms with E-state index in [4.69, 9.17) is 0 Å². The maximum absolute atomic E-state index is 3.48. The molecule has 234 valence electrons. The molecule has 0 radical (unpaired) electrons. The maximum Gasteiger partial charge on any atom is 4.00 e. The van der Waals surface area contributed by atoms with E-state index in [-0.39, 0.29) is 27.8 Å². The number of anilines is 3. The molecule has 0 atom stereocenters. The third kappa shape index (κ3) is 6.28. The standard InChI is InChI=1S/C24H16BN.C20H15N2.Pt/c1-3-11-19(12-4-1)25-21-15-7-9-17-23(21)26(20-13-5-2-6-14-20)24-18-10-8-16-22(24)25;1-16-11-13-18(14-12-16)22-15-21(17-7-3-2-4-8-17)19-9-5-6-10-20(19)22;/h1-13,15-17H;2-7,9-14H,1H3;/q-2;-1;+4. The van der Waals surface area contributed by atoms with Gasteiger partial charge in [0, 0.05) is 5.69 Å². The van der Waals surface area contributed by atoms with Crippen molar-refractivity contribution in [2.24, 2.45) is 0 Å². The van der Waals surface area contributed by atoms with Crippen molar-refractivity contribution < 1.29 is 25.6 Å². The third-order valence-electron chi connectivity index (χ3n) is 8.74. The summed E-state index contributed by atoms with van der Waals surface area (Å²) in [6.45, 7) is 2.31. The Morgan fingerprint density at radius 1 is 0.551 bits per heavy atom. The van der Waals surface area contributed by atoms with Crippen molar-refractivity contribution in [3.63, 3.8) is 0 Å². The smallest absolute Gasteiger partial charge is 0.359 e. The minimum Gasteiger partial charge on any atom is -0.359 e. The summed E-state index contributed by atoms with van der Waals surface area (Å²) in [5.74, 6) is 0. The molecule has 0 saturated heterocycles. The Bertz CT molecular complexity index is 2170. The zero-order valence-corrected chi connectivity index (χ0v) is 29.2. The first-order valence-corrected chi connectivity index (χ1v) is 16.2. The Kier molecular flexibility index (Phi) is 9.41. The molecule has 0 unspecified atom stereocenters. The third-order valence-corrected chi connectivity index (χ3v) is 8.74. The molecule has 49 heavy (non-hydrogen) atoms. The second-order valence-corrected chi connectivity index (χ2v) is 11.8. The molecule has 0 aliphatic carbocycles. The van der Waals surface area contributed by atoms with Gasteiger partial charge in [0.05, 0.1) is 16.7 Å². The van der Waals surface area contributed by atoms with Crippen LogP contribution in [-0.2, 0) is 21.1 Å².